The smallest absolute Gasteiger partial charge is 0.236 e. The number of fused-ring (bicyclic) bond motifs is 1. The Balaban J connectivity index is 1.71. The molecule has 0 bridgehead atoms. The van der Waals surface area contributed by atoms with Crippen LogP contribution in [0.25, 0.3) is 10.2 Å². The number of aromatic nitrogens is 1. The third-order valence-corrected chi connectivity index (χ3v) is 8.14. The third-order valence-electron chi connectivity index (χ3n) is 4.17. The number of para-hydroxylation sites is 1. The molecule has 1 aromatic heterocycles. The minimum atomic E-state index is -3.00. The first-order valence-electron chi connectivity index (χ1n) is 7.93. The second-order valence-electron chi connectivity index (χ2n) is 5.89. The first-order chi connectivity index (χ1) is 11.4. The fraction of sp³-hybridized carbons (Fsp3) is 0.500. The fourth-order valence-corrected chi connectivity index (χ4v) is 6.96. The van der Waals surface area contributed by atoms with Gasteiger partial charge in [0.2, 0.25) is 5.91 Å². The van der Waals surface area contributed by atoms with Crippen molar-refractivity contribution < 1.29 is 13.2 Å². The van der Waals surface area contributed by atoms with Crippen LogP contribution in [-0.2, 0) is 14.6 Å². The molecule has 3 rings (SSSR count). The van der Waals surface area contributed by atoms with Crippen LogP contribution < -0.4 is 0 Å². The highest BCUT2D eigenvalue weighted by atomic mass is 32.2. The van der Waals surface area contributed by atoms with Gasteiger partial charge in [-0.05, 0) is 32.4 Å². The van der Waals surface area contributed by atoms with Gasteiger partial charge in [-0.2, -0.15) is 0 Å². The van der Waals surface area contributed by atoms with Gasteiger partial charge in [-0.25, -0.2) is 13.4 Å². The van der Waals surface area contributed by atoms with Crippen LogP contribution in [0.15, 0.2) is 28.6 Å². The van der Waals surface area contributed by atoms with Crippen molar-refractivity contribution >= 4 is 49.1 Å². The predicted octanol–water partition coefficient (Wildman–Crippen LogP) is 2.81. The Hall–Kier alpha value is -1.12. The lowest BCUT2D eigenvalue weighted by atomic mass is 10.2. The summed E-state index contributed by atoms with van der Waals surface area (Å²) in [5.74, 6) is 0.259. The summed E-state index contributed by atoms with van der Waals surface area (Å²) in [4.78, 5) is 19.1. The maximum Gasteiger partial charge on any atom is 0.236 e. The highest BCUT2D eigenvalue weighted by Crippen LogP contribution is 2.33. The summed E-state index contributed by atoms with van der Waals surface area (Å²) >= 11 is 3.03. The second-order valence-corrected chi connectivity index (χ2v) is 10.7. The topological polar surface area (TPSA) is 67.3 Å². The number of carbonyl (C=O) groups is 1. The van der Waals surface area contributed by atoms with Crippen LogP contribution in [0, 0.1) is 0 Å². The molecule has 24 heavy (non-hydrogen) atoms. The summed E-state index contributed by atoms with van der Waals surface area (Å²) < 4.78 is 25.4. The van der Waals surface area contributed by atoms with Crippen LogP contribution >= 0.6 is 23.1 Å². The number of amides is 1. The molecule has 5 nitrogen and oxygen atoms in total. The average molecular weight is 385 g/mol. The summed E-state index contributed by atoms with van der Waals surface area (Å²) in [6.45, 7) is 4.30. The molecule has 1 aliphatic rings. The van der Waals surface area contributed by atoms with Gasteiger partial charge in [0.05, 0.1) is 27.0 Å². The molecular formula is C16H20N2O3S3. The molecular weight excluding hydrogens is 364 g/mol. The van der Waals surface area contributed by atoms with E-state index < -0.39 is 9.84 Å². The van der Waals surface area contributed by atoms with E-state index in [1.165, 1.54) is 11.8 Å². The Bertz CT molecular complexity index is 814. The molecule has 130 valence electrons. The summed E-state index contributed by atoms with van der Waals surface area (Å²) in [5.41, 5.74) is 0.943. The fourth-order valence-electron chi connectivity index (χ4n) is 2.95. The van der Waals surface area contributed by atoms with Gasteiger partial charge in [-0.3, -0.25) is 4.79 Å². The average Bonchev–Trinajstić information content (AvgIpc) is 3.10. The largest absolute Gasteiger partial charge is 0.338 e. The van der Waals surface area contributed by atoms with Crippen molar-refractivity contribution in [3.63, 3.8) is 0 Å². The van der Waals surface area contributed by atoms with Crippen molar-refractivity contribution in [1.82, 2.24) is 9.88 Å². The van der Waals surface area contributed by atoms with E-state index in [0.717, 1.165) is 14.6 Å². The maximum atomic E-state index is 12.8. The highest BCUT2D eigenvalue weighted by molar-refractivity contribution is 8.02. The molecule has 1 amide bonds. The van der Waals surface area contributed by atoms with E-state index in [9.17, 15) is 13.2 Å². The van der Waals surface area contributed by atoms with E-state index in [1.807, 2.05) is 38.1 Å². The Kier molecular flexibility index (Phi) is 5.17. The van der Waals surface area contributed by atoms with E-state index in [-0.39, 0.29) is 28.7 Å². The molecule has 0 radical (unpaired) electrons. The number of benzene rings is 1. The zero-order valence-corrected chi connectivity index (χ0v) is 16.1. The van der Waals surface area contributed by atoms with Crippen molar-refractivity contribution in [3.05, 3.63) is 24.3 Å². The van der Waals surface area contributed by atoms with E-state index in [0.29, 0.717) is 13.0 Å². The minimum Gasteiger partial charge on any atom is -0.338 e. The molecule has 2 atom stereocenters. The van der Waals surface area contributed by atoms with Crippen molar-refractivity contribution in [1.29, 1.82) is 0 Å². The van der Waals surface area contributed by atoms with E-state index in [4.69, 9.17) is 0 Å². The molecule has 1 aliphatic heterocycles. The number of hydrogen-bond donors (Lipinski definition) is 0. The zero-order chi connectivity index (χ0) is 17.3. The number of nitrogens with zero attached hydrogens (tertiary/aromatic N) is 2. The number of hydrogen-bond acceptors (Lipinski definition) is 6. The Morgan fingerprint density at radius 3 is 2.83 bits per heavy atom. The maximum absolute atomic E-state index is 12.8. The molecule has 1 saturated heterocycles. The van der Waals surface area contributed by atoms with Crippen LogP contribution in [0.1, 0.15) is 20.3 Å². The SMILES string of the molecule is CCN(C(=O)[C@@H](C)Sc1nc2ccccc2s1)[C@H]1CCS(=O)(=O)C1. The molecule has 0 aliphatic carbocycles. The number of carbonyl (C=O) groups excluding carboxylic acids is 1. The molecule has 0 saturated carbocycles. The molecule has 8 heteroatoms. The van der Waals surface area contributed by atoms with Gasteiger partial charge in [0.1, 0.15) is 0 Å². The normalized spacial score (nSPS) is 21.0. The van der Waals surface area contributed by atoms with Crippen molar-refractivity contribution in [2.24, 2.45) is 0 Å². The number of thiazole rings is 1. The van der Waals surface area contributed by atoms with Gasteiger partial charge in [0.25, 0.3) is 0 Å². The van der Waals surface area contributed by atoms with E-state index >= 15 is 0 Å². The molecule has 1 aromatic carbocycles. The lowest BCUT2D eigenvalue weighted by molar-refractivity contribution is -0.131. The third kappa shape index (κ3) is 3.75. The summed E-state index contributed by atoms with van der Waals surface area (Å²) in [6, 6.07) is 7.72. The molecule has 0 spiro atoms. The van der Waals surface area contributed by atoms with Gasteiger partial charge in [0, 0.05) is 12.6 Å². The highest BCUT2D eigenvalue weighted by Gasteiger charge is 2.35. The van der Waals surface area contributed by atoms with Gasteiger partial charge in [-0.1, -0.05) is 23.9 Å². The quantitative estimate of drug-likeness (QED) is 0.742. The van der Waals surface area contributed by atoms with Crippen LogP contribution in [-0.4, -0.2) is 53.6 Å². The van der Waals surface area contributed by atoms with Crippen LogP contribution in [0.5, 0.6) is 0 Å². The number of thioether (sulfide) groups is 1. The van der Waals surface area contributed by atoms with Gasteiger partial charge in [0.15, 0.2) is 14.2 Å². The summed E-state index contributed by atoms with van der Waals surface area (Å²) in [6.07, 6.45) is 0.542. The molecule has 0 unspecified atom stereocenters. The molecule has 2 heterocycles. The van der Waals surface area contributed by atoms with Gasteiger partial charge < -0.3 is 4.90 Å². The monoisotopic (exact) mass is 384 g/mol. The number of rotatable bonds is 5. The standard InChI is InChI=1S/C16H20N2O3S3/c1-3-18(12-8-9-24(20,21)10-12)15(19)11(2)22-16-17-13-6-4-5-7-14(13)23-16/h4-7,11-12H,3,8-10H2,1-2H3/t11-,12+/m1/s1. The van der Waals surface area contributed by atoms with Crippen molar-refractivity contribution in [2.75, 3.05) is 18.1 Å². The van der Waals surface area contributed by atoms with Crippen LogP contribution in [0.2, 0.25) is 0 Å². The summed E-state index contributed by atoms with van der Waals surface area (Å²) in [7, 11) is -3.00. The minimum absolute atomic E-state index is 0.0103. The Morgan fingerprint density at radius 1 is 1.46 bits per heavy atom. The number of sulfone groups is 1. The molecule has 2 aromatic rings. The Morgan fingerprint density at radius 2 is 2.21 bits per heavy atom. The predicted molar refractivity (Wildman–Crippen MR) is 99.4 cm³/mol. The van der Waals surface area contributed by atoms with E-state index in [2.05, 4.69) is 4.98 Å². The first-order valence-corrected chi connectivity index (χ1v) is 11.4. The van der Waals surface area contributed by atoms with Crippen molar-refractivity contribution in [2.45, 2.75) is 35.9 Å². The first kappa shape index (κ1) is 17.7. The Labute approximate surface area is 150 Å². The zero-order valence-electron chi connectivity index (χ0n) is 13.6. The summed E-state index contributed by atoms with van der Waals surface area (Å²) in [5, 5.41) is -0.284. The lowest BCUT2D eigenvalue weighted by Gasteiger charge is -2.29. The second kappa shape index (κ2) is 7.01. The van der Waals surface area contributed by atoms with Crippen molar-refractivity contribution in [3.8, 4) is 0 Å². The lowest BCUT2D eigenvalue weighted by Crippen LogP contribution is -2.44. The molecule has 0 N–H and O–H groups in total. The van der Waals surface area contributed by atoms with Crippen LogP contribution in [0.3, 0.4) is 0 Å². The molecule has 1 fully saturated rings. The van der Waals surface area contributed by atoms with E-state index in [1.54, 1.807) is 16.2 Å². The van der Waals surface area contributed by atoms with Gasteiger partial charge >= 0.3 is 0 Å². The van der Waals surface area contributed by atoms with Gasteiger partial charge in [-0.15, -0.1) is 11.3 Å². The van der Waals surface area contributed by atoms with Crippen LogP contribution in [0.4, 0.5) is 0 Å².